The van der Waals surface area contributed by atoms with Crippen LogP contribution in [0.15, 0.2) is 12.2 Å². The number of aliphatic hydroxyl groups is 12. The number of ether oxygens (including phenoxy) is 6. The molecule has 394 valence electrons. The third-order valence-electron chi connectivity index (χ3n) is 18.9. The molecule has 0 aromatic rings. The first-order chi connectivity index (χ1) is 31.7. The minimum absolute atomic E-state index is 0.0490. The second-order valence-corrected chi connectivity index (χ2v) is 23.4. The third-order valence-corrected chi connectivity index (χ3v) is 18.9. The lowest BCUT2D eigenvalue weighted by atomic mass is 9.35. The Balaban J connectivity index is 1.14. The van der Waals surface area contributed by atoms with Crippen molar-refractivity contribution in [2.24, 2.45) is 45.3 Å². The van der Waals surface area contributed by atoms with Crippen LogP contribution in [0.2, 0.25) is 0 Å². The van der Waals surface area contributed by atoms with E-state index in [1.807, 2.05) is 13.0 Å². The SMILES string of the molecule is CC(C)(C=CCC(C)(OC1OC(CO)C(O)C(O)C1O)C1CCC2(C)C1C(O)CC1C3(C)CCC(OC4OC(CO)C(O)C(O)C4OC4OC(CO)C(O)C(O)C4O)C(C)(C)C3CCC12C)OO. The van der Waals surface area contributed by atoms with E-state index in [2.05, 4.69) is 39.5 Å². The van der Waals surface area contributed by atoms with Gasteiger partial charge in [-0.2, -0.15) is 0 Å². The first kappa shape index (κ1) is 54.7. The zero-order chi connectivity index (χ0) is 50.3. The van der Waals surface area contributed by atoms with E-state index in [-0.39, 0.29) is 40.9 Å². The standard InChI is InChI=1S/C48H82O20/c1-43(2,68-61)13-9-14-48(8,67-41-38(60)35(57)32(54)25(20-50)63-41)22-10-16-47(7)30(22)23(52)18-28-45(5)15-12-29(44(3,4)27(45)11-17-46(28,47)6)65-42-39(36(58)33(55)26(21-51)64-42)66-40-37(59)34(56)31(53)24(19-49)62-40/h9,13,22-42,49-61H,10-12,14-21H2,1-8H3. The summed E-state index contributed by atoms with van der Waals surface area (Å²) in [5.41, 5.74) is -3.73. The number of fused-ring (bicyclic) bond motifs is 5. The summed E-state index contributed by atoms with van der Waals surface area (Å²) < 4.78 is 37.1. The molecule has 0 radical (unpaired) electrons. The summed E-state index contributed by atoms with van der Waals surface area (Å²) in [4.78, 5) is 4.67. The van der Waals surface area contributed by atoms with Crippen molar-refractivity contribution in [3.63, 3.8) is 0 Å². The fraction of sp³-hybridized carbons (Fsp3) is 0.958. The smallest absolute Gasteiger partial charge is 0.187 e. The molecule has 3 heterocycles. The third kappa shape index (κ3) is 9.19. The van der Waals surface area contributed by atoms with Gasteiger partial charge in [-0.15, -0.1) is 0 Å². The van der Waals surface area contributed by atoms with Crippen LogP contribution in [0, 0.1) is 45.3 Å². The van der Waals surface area contributed by atoms with E-state index >= 15 is 0 Å². The average Bonchev–Trinajstić information content (AvgIpc) is 3.68. The molecule has 7 aliphatic rings. The molecule has 25 unspecified atom stereocenters. The number of aliphatic hydroxyl groups excluding tert-OH is 12. The lowest BCUT2D eigenvalue weighted by molar-refractivity contribution is -0.378. The summed E-state index contributed by atoms with van der Waals surface area (Å²) in [5, 5.41) is 139. The first-order valence-electron chi connectivity index (χ1n) is 24.6. The maximum absolute atomic E-state index is 12.7. The Bertz CT molecular complexity index is 1730. The van der Waals surface area contributed by atoms with Crippen molar-refractivity contribution in [2.75, 3.05) is 19.8 Å². The highest BCUT2D eigenvalue weighted by Crippen LogP contribution is 2.76. The molecule has 25 atom stereocenters. The van der Waals surface area contributed by atoms with Crippen molar-refractivity contribution in [3.8, 4) is 0 Å². The first-order valence-corrected chi connectivity index (χ1v) is 24.6. The van der Waals surface area contributed by atoms with Crippen molar-refractivity contribution in [2.45, 2.75) is 222 Å². The van der Waals surface area contributed by atoms with Gasteiger partial charge in [-0.3, -0.25) is 5.26 Å². The van der Waals surface area contributed by atoms with Crippen LogP contribution in [-0.4, -0.2) is 202 Å². The van der Waals surface area contributed by atoms with E-state index in [4.69, 9.17) is 28.4 Å². The highest BCUT2D eigenvalue weighted by molar-refractivity contribution is 5.21. The topological polar surface area (TPSA) is 328 Å². The molecule has 0 aromatic carbocycles. The van der Waals surface area contributed by atoms with Crippen LogP contribution >= 0.6 is 0 Å². The van der Waals surface area contributed by atoms with E-state index in [1.54, 1.807) is 19.9 Å². The van der Waals surface area contributed by atoms with Gasteiger partial charge in [0.05, 0.1) is 37.6 Å². The normalized spacial score (nSPS) is 51.7. The summed E-state index contributed by atoms with van der Waals surface area (Å²) in [6.07, 6.45) is -16.0. The molecule has 7 fully saturated rings. The zero-order valence-corrected chi connectivity index (χ0v) is 40.7. The Kier molecular flexibility index (Phi) is 16.1. The average molecular weight is 979 g/mol. The Morgan fingerprint density at radius 2 is 1.12 bits per heavy atom. The van der Waals surface area contributed by atoms with Gasteiger partial charge >= 0.3 is 0 Å². The lowest BCUT2D eigenvalue weighted by Gasteiger charge is -2.71. The van der Waals surface area contributed by atoms with E-state index in [0.29, 0.717) is 25.7 Å². The highest BCUT2D eigenvalue weighted by Gasteiger charge is 2.72. The number of rotatable bonds is 14. The van der Waals surface area contributed by atoms with Gasteiger partial charge in [-0.1, -0.05) is 46.8 Å². The van der Waals surface area contributed by atoms with Gasteiger partial charge in [0.15, 0.2) is 18.9 Å². The summed E-state index contributed by atoms with van der Waals surface area (Å²) in [7, 11) is 0. The molecule has 0 aromatic heterocycles. The van der Waals surface area contributed by atoms with Gasteiger partial charge in [0, 0.05) is 0 Å². The second kappa shape index (κ2) is 20.0. The molecular formula is C48H82O20. The van der Waals surface area contributed by atoms with Crippen molar-refractivity contribution in [3.05, 3.63) is 12.2 Å². The van der Waals surface area contributed by atoms with Gasteiger partial charge in [0.25, 0.3) is 0 Å². The fourth-order valence-corrected chi connectivity index (χ4v) is 14.8. The van der Waals surface area contributed by atoms with Crippen LogP contribution < -0.4 is 0 Å². The molecule has 20 nitrogen and oxygen atoms in total. The molecule has 0 amide bonds. The number of hydrogen-bond donors (Lipinski definition) is 13. The van der Waals surface area contributed by atoms with Crippen LogP contribution in [0.25, 0.3) is 0 Å². The molecule has 0 bridgehead atoms. The van der Waals surface area contributed by atoms with Gasteiger partial charge in [-0.05, 0) is 117 Å². The van der Waals surface area contributed by atoms with E-state index in [9.17, 15) is 66.5 Å². The van der Waals surface area contributed by atoms with E-state index in [1.165, 1.54) is 0 Å². The molecular weight excluding hydrogens is 897 g/mol. The minimum atomic E-state index is -1.81. The molecule has 7 rings (SSSR count). The molecule has 3 aliphatic heterocycles. The summed E-state index contributed by atoms with van der Waals surface area (Å²) in [6.45, 7) is 14.5. The Morgan fingerprint density at radius 3 is 1.69 bits per heavy atom. The largest absolute Gasteiger partial charge is 0.394 e. The Morgan fingerprint density at radius 1 is 0.588 bits per heavy atom. The highest BCUT2D eigenvalue weighted by atomic mass is 17.1. The Hall–Kier alpha value is -1.06. The van der Waals surface area contributed by atoms with Crippen LogP contribution in [0.1, 0.15) is 107 Å². The zero-order valence-electron chi connectivity index (χ0n) is 40.7. The van der Waals surface area contributed by atoms with Crippen LogP contribution in [0.3, 0.4) is 0 Å². The summed E-state index contributed by atoms with van der Waals surface area (Å²) in [6, 6.07) is 0. The molecule has 3 saturated heterocycles. The maximum Gasteiger partial charge on any atom is 0.187 e. The van der Waals surface area contributed by atoms with Crippen molar-refractivity contribution >= 4 is 0 Å². The van der Waals surface area contributed by atoms with E-state index < -0.39 is 146 Å². The van der Waals surface area contributed by atoms with Crippen molar-refractivity contribution in [1.29, 1.82) is 0 Å². The number of hydrogen-bond acceptors (Lipinski definition) is 20. The van der Waals surface area contributed by atoms with Crippen molar-refractivity contribution < 1.29 is 99.8 Å². The van der Waals surface area contributed by atoms with Crippen LogP contribution in [-0.2, 0) is 33.3 Å². The molecule has 4 aliphatic carbocycles. The quantitative estimate of drug-likeness (QED) is 0.0449. The monoisotopic (exact) mass is 979 g/mol. The van der Waals surface area contributed by atoms with Gasteiger partial charge in [0.1, 0.15) is 78.8 Å². The Labute approximate surface area is 398 Å². The lowest BCUT2D eigenvalue weighted by Crippen LogP contribution is -2.68. The predicted octanol–water partition coefficient (Wildman–Crippen LogP) is -0.559. The molecule has 13 N–H and O–H groups in total. The van der Waals surface area contributed by atoms with Crippen LogP contribution in [0.5, 0.6) is 0 Å². The second-order valence-electron chi connectivity index (χ2n) is 23.4. The summed E-state index contributed by atoms with van der Waals surface area (Å²) >= 11 is 0. The van der Waals surface area contributed by atoms with Gasteiger partial charge < -0.3 is 89.7 Å². The van der Waals surface area contributed by atoms with Gasteiger partial charge in [0.2, 0.25) is 0 Å². The maximum atomic E-state index is 12.7. The van der Waals surface area contributed by atoms with E-state index in [0.717, 1.165) is 19.3 Å². The minimum Gasteiger partial charge on any atom is -0.394 e. The fourth-order valence-electron chi connectivity index (χ4n) is 14.8. The predicted molar refractivity (Wildman–Crippen MR) is 236 cm³/mol. The molecule has 0 spiro atoms. The van der Waals surface area contributed by atoms with Gasteiger partial charge in [-0.25, -0.2) is 4.89 Å². The van der Waals surface area contributed by atoms with Crippen LogP contribution in [0.4, 0.5) is 0 Å². The van der Waals surface area contributed by atoms with Crippen molar-refractivity contribution in [1.82, 2.24) is 0 Å². The molecule has 20 heteroatoms. The molecule has 4 saturated carbocycles. The molecule has 68 heavy (non-hydrogen) atoms. The summed E-state index contributed by atoms with van der Waals surface area (Å²) in [5.74, 6) is -0.483.